The molecule has 228 valence electrons. The number of ether oxygens (including phenoxy) is 1. The number of pyridine rings is 1. The molecule has 0 radical (unpaired) electrons. The van der Waals surface area contributed by atoms with Crippen molar-refractivity contribution in [3.8, 4) is 17.1 Å². The van der Waals surface area contributed by atoms with E-state index in [2.05, 4.69) is 25.6 Å². The number of H-pyrrole nitrogens is 2. The molecule has 11 heteroatoms. The summed E-state index contributed by atoms with van der Waals surface area (Å²) in [5.74, 6) is 0.690. The molecular weight excluding hydrogens is 548 g/mol. The summed E-state index contributed by atoms with van der Waals surface area (Å²) in [6.45, 7) is 6.92. The van der Waals surface area contributed by atoms with E-state index in [0.717, 1.165) is 30.5 Å². The SMILES string of the molecule is CCC(CCNC)N(C)C(=O)c1cc2nc(-c3c(NCC(O)COc4ccc(C)cc4C)cc[nH]c3=O)[nH]c2cc1C=O. The zero-order valence-corrected chi connectivity index (χ0v) is 25.3. The molecule has 0 aliphatic heterocycles. The number of carbonyl (C=O) groups excluding carboxylic acids is 2. The van der Waals surface area contributed by atoms with Crippen LogP contribution in [0, 0.1) is 13.8 Å². The molecule has 4 rings (SSSR count). The van der Waals surface area contributed by atoms with Gasteiger partial charge >= 0.3 is 0 Å². The van der Waals surface area contributed by atoms with E-state index in [-0.39, 0.29) is 47.6 Å². The second kappa shape index (κ2) is 14.1. The van der Waals surface area contributed by atoms with Crippen LogP contribution in [0.2, 0.25) is 0 Å². The molecule has 0 saturated carbocycles. The lowest BCUT2D eigenvalue weighted by Gasteiger charge is -2.28. The van der Waals surface area contributed by atoms with E-state index in [1.807, 2.05) is 46.0 Å². The molecule has 43 heavy (non-hydrogen) atoms. The Labute approximate surface area is 250 Å². The first-order chi connectivity index (χ1) is 20.7. The van der Waals surface area contributed by atoms with E-state index in [4.69, 9.17) is 4.74 Å². The van der Waals surface area contributed by atoms with Crippen molar-refractivity contribution in [3.63, 3.8) is 0 Å². The third-order valence-corrected chi connectivity index (χ3v) is 7.56. The molecule has 2 aromatic carbocycles. The molecule has 2 heterocycles. The van der Waals surface area contributed by atoms with Crippen molar-refractivity contribution in [2.75, 3.05) is 39.1 Å². The Morgan fingerprint density at radius 2 is 2.00 bits per heavy atom. The van der Waals surface area contributed by atoms with Gasteiger partial charge in [-0.15, -0.1) is 0 Å². The first-order valence-corrected chi connectivity index (χ1v) is 14.4. The normalized spacial score (nSPS) is 12.6. The van der Waals surface area contributed by atoms with E-state index in [9.17, 15) is 19.5 Å². The molecule has 2 unspecified atom stereocenters. The number of nitrogens with zero attached hydrogens (tertiary/aromatic N) is 2. The van der Waals surface area contributed by atoms with Crippen molar-refractivity contribution >= 4 is 28.9 Å². The number of hydrogen-bond donors (Lipinski definition) is 5. The van der Waals surface area contributed by atoms with Gasteiger partial charge in [0.15, 0.2) is 6.29 Å². The highest BCUT2D eigenvalue weighted by molar-refractivity contribution is 6.05. The maximum Gasteiger partial charge on any atom is 0.261 e. The quantitative estimate of drug-likeness (QED) is 0.140. The third kappa shape index (κ3) is 7.30. The molecule has 11 nitrogen and oxygen atoms in total. The summed E-state index contributed by atoms with van der Waals surface area (Å²) in [6, 6.07) is 10.7. The smallest absolute Gasteiger partial charge is 0.261 e. The Balaban J connectivity index is 1.56. The van der Waals surface area contributed by atoms with Crippen molar-refractivity contribution < 1.29 is 19.4 Å². The van der Waals surface area contributed by atoms with Crippen LogP contribution >= 0.6 is 0 Å². The van der Waals surface area contributed by atoms with Gasteiger partial charge in [0, 0.05) is 31.4 Å². The molecule has 2 atom stereocenters. The minimum absolute atomic E-state index is 0.00284. The number of rotatable bonds is 14. The average molecular weight is 589 g/mol. The monoisotopic (exact) mass is 588 g/mol. The highest BCUT2D eigenvalue weighted by Crippen LogP contribution is 2.27. The number of aryl methyl sites for hydroxylation is 2. The fourth-order valence-electron chi connectivity index (χ4n) is 5.11. The van der Waals surface area contributed by atoms with Crippen LogP contribution in [0.4, 0.5) is 5.69 Å². The van der Waals surface area contributed by atoms with Crippen molar-refractivity contribution in [2.24, 2.45) is 0 Å². The molecular formula is C32H40N6O5. The predicted molar refractivity (Wildman–Crippen MR) is 168 cm³/mol. The van der Waals surface area contributed by atoms with Crippen LogP contribution in [0.15, 0.2) is 47.4 Å². The molecule has 1 amide bonds. The maximum absolute atomic E-state index is 13.5. The van der Waals surface area contributed by atoms with Crippen LogP contribution < -0.4 is 20.9 Å². The van der Waals surface area contributed by atoms with Crippen LogP contribution in [0.1, 0.15) is 51.6 Å². The number of aliphatic hydroxyl groups is 1. The van der Waals surface area contributed by atoms with E-state index in [1.165, 1.54) is 6.20 Å². The topological polar surface area (TPSA) is 152 Å². The van der Waals surface area contributed by atoms with Crippen molar-refractivity contribution in [3.05, 3.63) is 75.2 Å². The second-order valence-corrected chi connectivity index (χ2v) is 10.7. The van der Waals surface area contributed by atoms with Crippen molar-refractivity contribution in [1.29, 1.82) is 0 Å². The highest BCUT2D eigenvalue weighted by Gasteiger charge is 2.24. The summed E-state index contributed by atoms with van der Waals surface area (Å²) >= 11 is 0. The van der Waals surface area contributed by atoms with Gasteiger partial charge in [0.2, 0.25) is 0 Å². The number of amides is 1. The predicted octanol–water partition coefficient (Wildman–Crippen LogP) is 3.66. The Hall–Kier alpha value is -4.48. The third-order valence-electron chi connectivity index (χ3n) is 7.56. The molecule has 4 aromatic rings. The largest absolute Gasteiger partial charge is 0.491 e. The van der Waals surface area contributed by atoms with Crippen LogP contribution in [0.3, 0.4) is 0 Å². The van der Waals surface area contributed by atoms with Gasteiger partial charge < -0.3 is 35.3 Å². The van der Waals surface area contributed by atoms with Gasteiger partial charge in [-0.25, -0.2) is 4.98 Å². The molecule has 0 saturated heterocycles. The Kier molecular flexibility index (Phi) is 10.3. The van der Waals surface area contributed by atoms with Crippen LogP contribution in [0.5, 0.6) is 5.75 Å². The zero-order valence-electron chi connectivity index (χ0n) is 25.3. The van der Waals surface area contributed by atoms with Gasteiger partial charge in [0.1, 0.15) is 29.8 Å². The average Bonchev–Trinajstić information content (AvgIpc) is 3.41. The summed E-state index contributed by atoms with van der Waals surface area (Å²) in [5, 5.41) is 16.8. The number of anilines is 1. The Morgan fingerprint density at radius 1 is 1.21 bits per heavy atom. The highest BCUT2D eigenvalue weighted by atomic mass is 16.5. The van der Waals surface area contributed by atoms with Crippen molar-refractivity contribution in [1.82, 2.24) is 25.2 Å². The van der Waals surface area contributed by atoms with Gasteiger partial charge in [-0.1, -0.05) is 24.6 Å². The number of aliphatic hydroxyl groups excluding tert-OH is 1. The molecule has 0 aliphatic carbocycles. The molecule has 2 aromatic heterocycles. The van der Waals surface area contributed by atoms with E-state index < -0.39 is 11.7 Å². The number of hydrogen-bond acceptors (Lipinski definition) is 8. The van der Waals surface area contributed by atoms with E-state index in [0.29, 0.717) is 28.8 Å². The number of nitrogens with one attached hydrogen (secondary N) is 4. The molecule has 0 aliphatic rings. The molecule has 0 bridgehead atoms. The summed E-state index contributed by atoms with van der Waals surface area (Å²) in [6.07, 6.45) is 2.85. The van der Waals surface area contributed by atoms with Gasteiger partial charge in [-0.05, 0) is 70.1 Å². The number of benzene rings is 2. The Morgan fingerprint density at radius 3 is 2.70 bits per heavy atom. The van der Waals surface area contributed by atoms with Crippen LogP contribution in [-0.4, -0.2) is 83.1 Å². The summed E-state index contributed by atoms with van der Waals surface area (Å²) in [5.41, 5.74) is 3.83. The summed E-state index contributed by atoms with van der Waals surface area (Å²) in [7, 11) is 3.61. The molecule has 5 N–H and O–H groups in total. The number of carbonyl (C=O) groups is 2. The number of aldehydes is 1. The van der Waals surface area contributed by atoms with E-state index in [1.54, 1.807) is 30.1 Å². The van der Waals surface area contributed by atoms with Gasteiger partial charge in [0.05, 0.1) is 22.3 Å². The van der Waals surface area contributed by atoms with Gasteiger partial charge in [-0.2, -0.15) is 0 Å². The number of aromatic amines is 2. The van der Waals surface area contributed by atoms with Crippen LogP contribution in [-0.2, 0) is 0 Å². The minimum Gasteiger partial charge on any atom is -0.491 e. The first-order valence-electron chi connectivity index (χ1n) is 14.4. The number of fused-ring (bicyclic) bond motifs is 1. The lowest BCUT2D eigenvalue weighted by molar-refractivity contribution is 0.0717. The fourth-order valence-corrected chi connectivity index (χ4v) is 5.11. The molecule has 0 spiro atoms. The summed E-state index contributed by atoms with van der Waals surface area (Å²) in [4.78, 5) is 50.5. The maximum atomic E-state index is 13.5. The lowest BCUT2D eigenvalue weighted by atomic mass is 10.0. The second-order valence-electron chi connectivity index (χ2n) is 10.7. The minimum atomic E-state index is -0.857. The van der Waals surface area contributed by atoms with E-state index >= 15 is 0 Å². The first kappa shape index (κ1) is 31.5. The van der Waals surface area contributed by atoms with Crippen molar-refractivity contribution in [2.45, 2.75) is 45.8 Å². The van der Waals surface area contributed by atoms with Gasteiger partial charge in [0.25, 0.3) is 11.5 Å². The standard InChI is InChI=1S/C32H40N6O5/c1-6-22(9-11-33-4)38(5)32(42)24-15-27-26(14-21(24)17-39)36-30(37-27)29-25(10-12-34-31(29)41)35-16-23(40)18-43-28-8-7-19(2)13-20(28)3/h7-8,10,12-15,17,22-23,33,40H,6,9,11,16,18H2,1-5H3,(H,36,37)(H2,34,35,41). The number of imidazole rings is 1. The zero-order chi connectivity index (χ0) is 31.1. The van der Waals surface area contributed by atoms with Gasteiger partial charge in [-0.3, -0.25) is 14.4 Å². The Bertz CT molecular complexity index is 1650. The van der Waals surface area contributed by atoms with Crippen LogP contribution in [0.25, 0.3) is 22.4 Å². The fraction of sp³-hybridized carbons (Fsp3) is 0.375. The molecule has 0 fully saturated rings. The number of aromatic nitrogens is 3. The summed E-state index contributed by atoms with van der Waals surface area (Å²) < 4.78 is 5.79. The lowest BCUT2D eigenvalue weighted by Crippen LogP contribution is -2.38.